The van der Waals surface area contributed by atoms with Gasteiger partial charge in [-0.1, -0.05) is 0 Å². The average Bonchev–Trinajstić information content (AvgIpc) is 2.40. The Bertz CT molecular complexity index is 403. The fourth-order valence-electron chi connectivity index (χ4n) is 1.47. The van der Waals surface area contributed by atoms with Crippen LogP contribution < -0.4 is 10.6 Å². The minimum Gasteiger partial charge on any atom is -0.332 e. The van der Waals surface area contributed by atoms with Crippen LogP contribution in [0.15, 0.2) is 12.4 Å². The van der Waals surface area contributed by atoms with Gasteiger partial charge in [0.1, 0.15) is 0 Å². The van der Waals surface area contributed by atoms with Gasteiger partial charge < -0.3 is 10.2 Å². The molecule has 90 valence electrons. The lowest BCUT2D eigenvalue weighted by Crippen LogP contribution is -2.50. The molecule has 2 heterocycles. The lowest BCUT2D eigenvalue weighted by Gasteiger charge is -2.26. The molecule has 0 spiro atoms. The van der Waals surface area contributed by atoms with Crippen LogP contribution in [0, 0.1) is 0 Å². The molecule has 0 atom stereocenters. The summed E-state index contributed by atoms with van der Waals surface area (Å²) in [6.07, 6.45) is 2.77. The third-order valence-corrected chi connectivity index (χ3v) is 2.31. The Morgan fingerprint density at radius 2 is 2.06 bits per heavy atom. The van der Waals surface area contributed by atoms with Crippen molar-refractivity contribution >= 4 is 17.8 Å². The van der Waals surface area contributed by atoms with Gasteiger partial charge in [0, 0.05) is 26.2 Å². The largest absolute Gasteiger partial charge is 0.332 e. The SMILES string of the molecule is O=C(Nc1nccnn1)C(=O)N1CCNCC1. The number of rotatable bonds is 1. The molecule has 1 fully saturated rings. The van der Waals surface area contributed by atoms with Crippen molar-refractivity contribution in [3.8, 4) is 0 Å². The van der Waals surface area contributed by atoms with Gasteiger partial charge in [-0.3, -0.25) is 14.9 Å². The summed E-state index contributed by atoms with van der Waals surface area (Å²) in [6.45, 7) is 2.45. The van der Waals surface area contributed by atoms with Crippen molar-refractivity contribution in [1.29, 1.82) is 0 Å². The molecule has 8 heteroatoms. The maximum absolute atomic E-state index is 11.7. The maximum Gasteiger partial charge on any atom is 0.316 e. The van der Waals surface area contributed by atoms with Crippen LogP contribution >= 0.6 is 0 Å². The molecule has 1 aromatic heterocycles. The first-order chi connectivity index (χ1) is 8.27. The highest BCUT2D eigenvalue weighted by Crippen LogP contribution is 1.97. The Hall–Kier alpha value is -2.09. The number of carbonyl (C=O) groups is 2. The second kappa shape index (κ2) is 5.30. The average molecular weight is 236 g/mol. The molecule has 17 heavy (non-hydrogen) atoms. The van der Waals surface area contributed by atoms with E-state index in [4.69, 9.17) is 0 Å². The Labute approximate surface area is 97.4 Å². The molecule has 1 saturated heterocycles. The summed E-state index contributed by atoms with van der Waals surface area (Å²) in [6, 6.07) is 0. The first kappa shape index (κ1) is 11.4. The smallest absolute Gasteiger partial charge is 0.316 e. The standard InChI is InChI=1S/C9H12N6O2/c16-7(13-9-11-1-2-12-14-9)8(17)15-5-3-10-4-6-15/h1-2,10H,3-6H2,(H,11,13,14,16). The summed E-state index contributed by atoms with van der Waals surface area (Å²) in [4.78, 5) is 28.5. The van der Waals surface area contributed by atoms with Crippen molar-refractivity contribution < 1.29 is 9.59 Å². The van der Waals surface area contributed by atoms with Crippen LogP contribution in [0.2, 0.25) is 0 Å². The zero-order chi connectivity index (χ0) is 12.1. The van der Waals surface area contributed by atoms with E-state index in [1.54, 1.807) is 0 Å². The van der Waals surface area contributed by atoms with Crippen LogP contribution in [0.5, 0.6) is 0 Å². The van der Waals surface area contributed by atoms with E-state index in [0.717, 1.165) is 0 Å². The second-order valence-corrected chi connectivity index (χ2v) is 3.46. The van der Waals surface area contributed by atoms with Gasteiger partial charge in [-0.05, 0) is 0 Å². The van der Waals surface area contributed by atoms with Gasteiger partial charge in [-0.25, -0.2) is 4.98 Å². The van der Waals surface area contributed by atoms with E-state index in [0.29, 0.717) is 26.2 Å². The van der Waals surface area contributed by atoms with E-state index in [-0.39, 0.29) is 5.95 Å². The molecule has 0 bridgehead atoms. The van der Waals surface area contributed by atoms with E-state index in [1.165, 1.54) is 17.3 Å². The zero-order valence-corrected chi connectivity index (χ0v) is 9.09. The molecule has 0 radical (unpaired) electrons. The number of hydrogen-bond acceptors (Lipinski definition) is 6. The van der Waals surface area contributed by atoms with Gasteiger partial charge in [-0.2, -0.15) is 5.10 Å². The van der Waals surface area contributed by atoms with E-state index in [1.807, 2.05) is 0 Å². The fraction of sp³-hybridized carbons (Fsp3) is 0.444. The molecule has 0 aliphatic carbocycles. The van der Waals surface area contributed by atoms with Crippen molar-refractivity contribution in [2.75, 3.05) is 31.5 Å². The molecule has 0 unspecified atom stereocenters. The van der Waals surface area contributed by atoms with E-state index < -0.39 is 11.8 Å². The van der Waals surface area contributed by atoms with Gasteiger partial charge in [0.25, 0.3) is 0 Å². The van der Waals surface area contributed by atoms with Crippen molar-refractivity contribution in [2.24, 2.45) is 0 Å². The van der Waals surface area contributed by atoms with Crippen molar-refractivity contribution in [3.63, 3.8) is 0 Å². The third-order valence-electron chi connectivity index (χ3n) is 2.31. The molecule has 2 amide bonds. The molecule has 2 rings (SSSR count). The highest BCUT2D eigenvalue weighted by Gasteiger charge is 2.23. The van der Waals surface area contributed by atoms with Crippen LogP contribution in [0.3, 0.4) is 0 Å². The Morgan fingerprint density at radius 3 is 2.71 bits per heavy atom. The number of anilines is 1. The summed E-state index contributed by atoms with van der Waals surface area (Å²) < 4.78 is 0. The van der Waals surface area contributed by atoms with Crippen LogP contribution in [0.1, 0.15) is 0 Å². The summed E-state index contributed by atoms with van der Waals surface area (Å²) in [7, 11) is 0. The highest BCUT2D eigenvalue weighted by atomic mass is 16.2. The number of nitrogens with zero attached hydrogens (tertiary/aromatic N) is 4. The minimum absolute atomic E-state index is 0.0287. The van der Waals surface area contributed by atoms with E-state index in [2.05, 4.69) is 25.8 Å². The molecular formula is C9H12N6O2. The predicted molar refractivity (Wildman–Crippen MR) is 57.9 cm³/mol. The zero-order valence-electron chi connectivity index (χ0n) is 9.09. The molecule has 1 aromatic rings. The summed E-state index contributed by atoms with van der Waals surface area (Å²) >= 11 is 0. The van der Waals surface area contributed by atoms with Gasteiger partial charge >= 0.3 is 11.8 Å². The highest BCUT2D eigenvalue weighted by molar-refractivity contribution is 6.39. The van der Waals surface area contributed by atoms with Crippen molar-refractivity contribution in [3.05, 3.63) is 12.4 Å². The fourth-order valence-corrected chi connectivity index (χ4v) is 1.47. The van der Waals surface area contributed by atoms with Gasteiger partial charge in [0.15, 0.2) is 0 Å². The number of carbonyl (C=O) groups excluding carboxylic acids is 2. The summed E-state index contributed by atoms with van der Waals surface area (Å²) in [5.41, 5.74) is 0. The lowest BCUT2D eigenvalue weighted by molar-refractivity contribution is -0.143. The molecule has 0 aromatic carbocycles. The van der Waals surface area contributed by atoms with Crippen molar-refractivity contribution in [2.45, 2.75) is 0 Å². The molecule has 8 nitrogen and oxygen atoms in total. The van der Waals surface area contributed by atoms with E-state index in [9.17, 15) is 9.59 Å². The molecule has 1 aliphatic heterocycles. The Balaban J connectivity index is 1.93. The van der Waals surface area contributed by atoms with Gasteiger partial charge in [-0.15, -0.1) is 5.10 Å². The topological polar surface area (TPSA) is 100 Å². The molecule has 1 aliphatic rings. The van der Waals surface area contributed by atoms with Crippen molar-refractivity contribution in [1.82, 2.24) is 25.4 Å². The normalized spacial score (nSPS) is 15.4. The number of aromatic nitrogens is 3. The maximum atomic E-state index is 11.7. The first-order valence-corrected chi connectivity index (χ1v) is 5.22. The quantitative estimate of drug-likeness (QED) is 0.560. The third kappa shape index (κ3) is 2.94. The molecular weight excluding hydrogens is 224 g/mol. The molecule has 0 saturated carbocycles. The first-order valence-electron chi connectivity index (χ1n) is 5.22. The number of nitrogens with one attached hydrogen (secondary N) is 2. The van der Waals surface area contributed by atoms with Gasteiger partial charge in [0.2, 0.25) is 5.95 Å². The Morgan fingerprint density at radius 1 is 1.29 bits per heavy atom. The van der Waals surface area contributed by atoms with E-state index >= 15 is 0 Å². The number of amides is 2. The predicted octanol–water partition coefficient (Wildman–Crippen LogP) is -1.76. The van der Waals surface area contributed by atoms with Crippen LogP contribution in [0.25, 0.3) is 0 Å². The number of piperazine rings is 1. The minimum atomic E-state index is -0.736. The Kier molecular flexibility index (Phi) is 3.55. The monoisotopic (exact) mass is 236 g/mol. The van der Waals surface area contributed by atoms with Crippen LogP contribution in [-0.4, -0.2) is 58.1 Å². The second-order valence-electron chi connectivity index (χ2n) is 3.46. The number of hydrogen-bond donors (Lipinski definition) is 2. The summed E-state index contributed by atoms with van der Waals surface area (Å²) in [5.74, 6) is -1.28. The summed E-state index contributed by atoms with van der Waals surface area (Å²) in [5, 5.41) is 12.5. The lowest BCUT2D eigenvalue weighted by atomic mass is 10.3. The van der Waals surface area contributed by atoms with Crippen LogP contribution in [-0.2, 0) is 9.59 Å². The van der Waals surface area contributed by atoms with Gasteiger partial charge in [0.05, 0.1) is 12.4 Å². The molecule has 2 N–H and O–H groups in total. The van der Waals surface area contributed by atoms with Crippen LogP contribution in [0.4, 0.5) is 5.95 Å².